The van der Waals surface area contributed by atoms with E-state index in [0.29, 0.717) is 0 Å². The molecule has 18 heavy (non-hydrogen) atoms. The van der Waals surface area contributed by atoms with Gasteiger partial charge in [0.2, 0.25) is 0 Å². The van der Waals surface area contributed by atoms with E-state index in [0.717, 1.165) is 17.6 Å². The maximum absolute atomic E-state index is 6.19. The lowest BCUT2D eigenvalue weighted by molar-refractivity contribution is 0.722. The smallest absolute Gasteiger partial charge is 0.0705 e. The van der Waals surface area contributed by atoms with Crippen molar-refractivity contribution in [2.75, 3.05) is 0 Å². The topological polar surface area (TPSA) is 38.9 Å². The summed E-state index contributed by atoms with van der Waals surface area (Å²) in [6, 6.07) is 16.5. The van der Waals surface area contributed by atoms with Crippen molar-refractivity contribution in [1.29, 1.82) is 0 Å². The predicted molar refractivity (Wildman–Crippen MR) is 76.7 cm³/mol. The second-order valence-electron chi connectivity index (χ2n) is 4.32. The Morgan fingerprint density at radius 1 is 1.06 bits per heavy atom. The highest BCUT2D eigenvalue weighted by molar-refractivity contribution is 7.10. The standard InChI is InChI=1S/C15H14N2S/c16-13(15-6-3-9-18-15)10-12-8-7-11-4-1-2-5-14(11)17-12/h1-9,13H,10,16H2. The summed E-state index contributed by atoms with van der Waals surface area (Å²) < 4.78 is 0. The van der Waals surface area contributed by atoms with Gasteiger partial charge in [-0.25, -0.2) is 0 Å². The van der Waals surface area contributed by atoms with E-state index in [1.54, 1.807) is 11.3 Å². The van der Waals surface area contributed by atoms with E-state index in [-0.39, 0.29) is 6.04 Å². The summed E-state index contributed by atoms with van der Waals surface area (Å²) in [5.74, 6) is 0. The van der Waals surface area contributed by atoms with E-state index in [9.17, 15) is 0 Å². The fourth-order valence-corrected chi connectivity index (χ4v) is 2.78. The Morgan fingerprint density at radius 2 is 1.94 bits per heavy atom. The highest BCUT2D eigenvalue weighted by Crippen LogP contribution is 2.21. The third-order valence-electron chi connectivity index (χ3n) is 2.99. The molecule has 0 aliphatic heterocycles. The van der Waals surface area contributed by atoms with Crippen LogP contribution in [0.2, 0.25) is 0 Å². The number of rotatable bonds is 3. The molecule has 0 saturated carbocycles. The van der Waals surface area contributed by atoms with Crippen LogP contribution < -0.4 is 5.73 Å². The molecule has 1 atom stereocenters. The fourth-order valence-electron chi connectivity index (χ4n) is 2.05. The number of nitrogens with zero attached hydrogens (tertiary/aromatic N) is 1. The lowest BCUT2D eigenvalue weighted by atomic mass is 10.1. The SMILES string of the molecule is NC(Cc1ccc2ccccc2n1)c1cccs1. The van der Waals surface area contributed by atoms with Crippen LogP contribution in [0, 0.1) is 0 Å². The molecule has 1 aromatic carbocycles. The van der Waals surface area contributed by atoms with Gasteiger partial charge in [0.05, 0.1) is 5.52 Å². The van der Waals surface area contributed by atoms with Crippen molar-refractivity contribution in [2.24, 2.45) is 5.73 Å². The molecule has 2 aromatic heterocycles. The zero-order valence-electron chi connectivity index (χ0n) is 9.91. The summed E-state index contributed by atoms with van der Waals surface area (Å²) in [4.78, 5) is 5.86. The van der Waals surface area contributed by atoms with E-state index in [1.165, 1.54) is 10.3 Å². The van der Waals surface area contributed by atoms with E-state index in [1.807, 2.05) is 24.3 Å². The normalized spacial score (nSPS) is 12.7. The minimum absolute atomic E-state index is 0.0404. The van der Waals surface area contributed by atoms with Gasteiger partial charge in [-0.1, -0.05) is 30.3 Å². The summed E-state index contributed by atoms with van der Waals surface area (Å²) in [5.41, 5.74) is 8.27. The molecule has 0 fully saturated rings. The van der Waals surface area contributed by atoms with Gasteiger partial charge in [-0.3, -0.25) is 4.98 Å². The molecule has 3 heteroatoms. The quantitative estimate of drug-likeness (QED) is 0.776. The third-order valence-corrected chi connectivity index (χ3v) is 4.00. The van der Waals surface area contributed by atoms with Gasteiger partial charge in [-0.2, -0.15) is 0 Å². The molecular formula is C15H14N2S. The first kappa shape index (κ1) is 11.4. The van der Waals surface area contributed by atoms with Gasteiger partial charge in [0.25, 0.3) is 0 Å². The van der Waals surface area contributed by atoms with Crippen LogP contribution in [0.1, 0.15) is 16.6 Å². The van der Waals surface area contributed by atoms with Crippen molar-refractivity contribution in [2.45, 2.75) is 12.5 Å². The molecule has 0 aliphatic carbocycles. The van der Waals surface area contributed by atoms with Crippen LogP contribution in [-0.2, 0) is 6.42 Å². The molecule has 0 aliphatic rings. The summed E-state index contributed by atoms with van der Waals surface area (Å²) in [6.07, 6.45) is 0.783. The van der Waals surface area contributed by atoms with Gasteiger partial charge < -0.3 is 5.73 Å². The van der Waals surface area contributed by atoms with E-state index < -0.39 is 0 Å². The Morgan fingerprint density at radius 3 is 2.78 bits per heavy atom. The van der Waals surface area contributed by atoms with Crippen LogP contribution in [0.15, 0.2) is 53.9 Å². The first-order chi connectivity index (χ1) is 8.83. The molecule has 0 saturated heterocycles. The summed E-state index contributed by atoms with van der Waals surface area (Å²) in [5, 5.41) is 3.23. The van der Waals surface area contributed by atoms with Crippen LogP contribution in [0.3, 0.4) is 0 Å². The zero-order valence-corrected chi connectivity index (χ0v) is 10.7. The number of fused-ring (bicyclic) bond motifs is 1. The number of hydrogen-bond donors (Lipinski definition) is 1. The molecule has 0 amide bonds. The number of pyridine rings is 1. The van der Waals surface area contributed by atoms with Crippen molar-refractivity contribution in [1.82, 2.24) is 4.98 Å². The predicted octanol–water partition coefficient (Wildman–Crippen LogP) is 3.54. The average molecular weight is 254 g/mol. The van der Waals surface area contributed by atoms with Crippen molar-refractivity contribution >= 4 is 22.2 Å². The Kier molecular flexibility index (Phi) is 3.09. The molecule has 2 nitrogen and oxygen atoms in total. The third kappa shape index (κ3) is 2.28. The van der Waals surface area contributed by atoms with E-state index in [4.69, 9.17) is 5.73 Å². The van der Waals surface area contributed by atoms with Crippen molar-refractivity contribution < 1.29 is 0 Å². The molecule has 0 radical (unpaired) electrons. The molecule has 0 spiro atoms. The van der Waals surface area contributed by atoms with Gasteiger partial charge >= 0.3 is 0 Å². The Balaban J connectivity index is 1.86. The zero-order chi connectivity index (χ0) is 12.4. The highest BCUT2D eigenvalue weighted by atomic mass is 32.1. The van der Waals surface area contributed by atoms with Crippen LogP contribution in [0.4, 0.5) is 0 Å². The second-order valence-corrected chi connectivity index (χ2v) is 5.30. The fraction of sp³-hybridized carbons (Fsp3) is 0.133. The van der Waals surface area contributed by atoms with Crippen LogP contribution >= 0.6 is 11.3 Å². The minimum atomic E-state index is 0.0404. The summed E-state index contributed by atoms with van der Waals surface area (Å²) >= 11 is 1.70. The maximum Gasteiger partial charge on any atom is 0.0705 e. The number of hydrogen-bond acceptors (Lipinski definition) is 3. The summed E-state index contributed by atoms with van der Waals surface area (Å²) in [7, 11) is 0. The minimum Gasteiger partial charge on any atom is -0.323 e. The van der Waals surface area contributed by atoms with E-state index >= 15 is 0 Å². The van der Waals surface area contributed by atoms with Crippen LogP contribution in [0.25, 0.3) is 10.9 Å². The van der Waals surface area contributed by atoms with Crippen molar-refractivity contribution in [3.63, 3.8) is 0 Å². The largest absolute Gasteiger partial charge is 0.323 e. The number of aromatic nitrogens is 1. The molecule has 2 heterocycles. The summed E-state index contributed by atoms with van der Waals surface area (Å²) in [6.45, 7) is 0. The average Bonchev–Trinajstić information content (AvgIpc) is 2.92. The molecule has 1 unspecified atom stereocenters. The number of nitrogens with two attached hydrogens (primary N) is 1. The Hall–Kier alpha value is -1.71. The lowest BCUT2D eigenvalue weighted by Gasteiger charge is -2.09. The first-order valence-corrected chi connectivity index (χ1v) is 6.84. The van der Waals surface area contributed by atoms with Gasteiger partial charge in [0.1, 0.15) is 0 Å². The first-order valence-electron chi connectivity index (χ1n) is 5.96. The Bertz CT molecular complexity index is 646. The Labute approximate surface area is 110 Å². The number of thiophene rings is 1. The van der Waals surface area contributed by atoms with Gasteiger partial charge in [0, 0.05) is 28.4 Å². The van der Waals surface area contributed by atoms with Crippen LogP contribution in [-0.4, -0.2) is 4.98 Å². The second kappa shape index (κ2) is 4.88. The van der Waals surface area contributed by atoms with Gasteiger partial charge in [-0.15, -0.1) is 11.3 Å². The maximum atomic E-state index is 6.19. The highest BCUT2D eigenvalue weighted by Gasteiger charge is 2.09. The molecule has 90 valence electrons. The molecule has 3 aromatic rings. The molecule has 0 bridgehead atoms. The van der Waals surface area contributed by atoms with Gasteiger partial charge in [0.15, 0.2) is 0 Å². The van der Waals surface area contributed by atoms with Crippen molar-refractivity contribution in [3.05, 3.63) is 64.5 Å². The molecule has 3 rings (SSSR count). The van der Waals surface area contributed by atoms with Crippen molar-refractivity contribution in [3.8, 4) is 0 Å². The number of para-hydroxylation sites is 1. The monoisotopic (exact) mass is 254 g/mol. The molecule has 2 N–H and O–H groups in total. The lowest BCUT2D eigenvalue weighted by Crippen LogP contribution is -2.12. The van der Waals surface area contributed by atoms with Crippen LogP contribution in [0.5, 0.6) is 0 Å². The van der Waals surface area contributed by atoms with E-state index in [2.05, 4.69) is 34.6 Å². The van der Waals surface area contributed by atoms with Gasteiger partial charge in [-0.05, 0) is 23.6 Å². The molecular weight excluding hydrogens is 240 g/mol. The number of benzene rings is 1.